The largest absolute Gasteiger partial charge is 0.496 e. The first-order chi connectivity index (χ1) is 12.8. The van der Waals surface area contributed by atoms with E-state index in [1.54, 1.807) is 25.4 Å². The van der Waals surface area contributed by atoms with E-state index in [2.05, 4.69) is 15.6 Å². The fraction of sp³-hybridized carbons (Fsp3) is 0.429. The highest BCUT2D eigenvalue weighted by atomic mass is 16.5. The third-order valence-corrected chi connectivity index (χ3v) is 4.86. The summed E-state index contributed by atoms with van der Waals surface area (Å²) in [7, 11) is 1.66. The molecule has 138 valence electrons. The van der Waals surface area contributed by atoms with Crippen molar-refractivity contribution in [2.24, 2.45) is 0 Å². The summed E-state index contributed by atoms with van der Waals surface area (Å²) in [5.41, 5.74) is 1.69. The van der Waals surface area contributed by atoms with E-state index in [1.165, 1.54) is 25.7 Å². The Morgan fingerprint density at radius 2 is 1.92 bits per heavy atom. The van der Waals surface area contributed by atoms with Gasteiger partial charge in [-0.25, -0.2) is 4.98 Å². The molecule has 3 rings (SSSR count). The van der Waals surface area contributed by atoms with Gasteiger partial charge in [-0.15, -0.1) is 0 Å². The quantitative estimate of drug-likeness (QED) is 0.766. The fourth-order valence-electron chi connectivity index (χ4n) is 3.40. The summed E-state index contributed by atoms with van der Waals surface area (Å²) >= 11 is 0. The Morgan fingerprint density at radius 1 is 1.15 bits per heavy atom. The van der Waals surface area contributed by atoms with Crippen LogP contribution in [0.1, 0.15) is 54.4 Å². The lowest BCUT2D eigenvalue weighted by atomic mass is 10.1. The van der Waals surface area contributed by atoms with Crippen LogP contribution in [0.25, 0.3) is 0 Å². The molecular formula is C21H27N3O2. The Kier molecular flexibility index (Phi) is 6.47. The lowest BCUT2D eigenvalue weighted by Gasteiger charge is -2.16. The second-order valence-corrected chi connectivity index (χ2v) is 6.76. The number of carbonyl (C=O) groups is 1. The number of methoxy groups -OCH3 is 1. The molecule has 1 aliphatic carbocycles. The van der Waals surface area contributed by atoms with Crippen molar-refractivity contribution in [2.45, 2.75) is 51.1 Å². The smallest absolute Gasteiger partial charge is 0.251 e. The number of amides is 1. The highest BCUT2D eigenvalue weighted by molar-refractivity contribution is 5.95. The number of benzene rings is 1. The summed E-state index contributed by atoms with van der Waals surface area (Å²) in [6.45, 7) is 0.588. The van der Waals surface area contributed by atoms with Crippen LogP contribution in [0, 0.1) is 0 Å². The van der Waals surface area contributed by atoms with E-state index in [4.69, 9.17) is 4.74 Å². The van der Waals surface area contributed by atoms with Crippen LogP contribution >= 0.6 is 0 Å². The first-order valence-corrected chi connectivity index (χ1v) is 9.39. The summed E-state index contributed by atoms with van der Waals surface area (Å²) < 4.78 is 5.37. The summed E-state index contributed by atoms with van der Waals surface area (Å²) in [5.74, 6) is 1.51. The molecule has 0 radical (unpaired) electrons. The van der Waals surface area contributed by atoms with E-state index in [9.17, 15) is 4.79 Å². The van der Waals surface area contributed by atoms with Gasteiger partial charge in [-0.1, -0.05) is 43.9 Å². The molecule has 1 aromatic carbocycles. The predicted octanol–water partition coefficient (Wildman–Crippen LogP) is 4.15. The molecule has 2 N–H and O–H groups in total. The Morgan fingerprint density at radius 3 is 2.69 bits per heavy atom. The third-order valence-electron chi connectivity index (χ3n) is 4.86. The molecule has 0 spiro atoms. The minimum Gasteiger partial charge on any atom is -0.496 e. The molecule has 2 aromatic rings. The Balaban J connectivity index is 1.61. The number of carbonyl (C=O) groups excluding carboxylic acids is 1. The van der Waals surface area contributed by atoms with Gasteiger partial charge in [0, 0.05) is 29.9 Å². The van der Waals surface area contributed by atoms with E-state index in [-0.39, 0.29) is 5.91 Å². The van der Waals surface area contributed by atoms with Crippen molar-refractivity contribution in [1.82, 2.24) is 10.3 Å². The van der Waals surface area contributed by atoms with Crippen molar-refractivity contribution in [3.63, 3.8) is 0 Å². The first-order valence-electron chi connectivity index (χ1n) is 9.39. The lowest BCUT2D eigenvalue weighted by molar-refractivity contribution is 0.0933. The molecule has 0 saturated heterocycles. The van der Waals surface area contributed by atoms with Gasteiger partial charge in [-0.05, 0) is 31.0 Å². The van der Waals surface area contributed by atoms with Crippen molar-refractivity contribution in [3.8, 4) is 5.75 Å². The number of rotatable bonds is 6. The zero-order valence-electron chi connectivity index (χ0n) is 15.3. The van der Waals surface area contributed by atoms with Gasteiger partial charge in [0.05, 0.1) is 7.11 Å². The minimum absolute atomic E-state index is 0.0142. The summed E-state index contributed by atoms with van der Waals surface area (Å²) in [4.78, 5) is 16.9. The van der Waals surface area contributed by atoms with Gasteiger partial charge in [0.1, 0.15) is 11.6 Å². The van der Waals surface area contributed by atoms with E-state index >= 15 is 0 Å². The molecule has 1 fully saturated rings. The van der Waals surface area contributed by atoms with E-state index in [1.807, 2.05) is 24.3 Å². The number of ether oxygens (including phenoxy) is 1. The molecule has 0 bridgehead atoms. The van der Waals surface area contributed by atoms with Crippen molar-refractivity contribution in [3.05, 3.63) is 53.7 Å². The average Bonchev–Trinajstić information content (AvgIpc) is 2.95. The number of nitrogens with zero attached hydrogens (tertiary/aromatic N) is 1. The van der Waals surface area contributed by atoms with Gasteiger partial charge in [-0.3, -0.25) is 4.79 Å². The lowest BCUT2D eigenvalue weighted by Crippen LogP contribution is -2.34. The van der Waals surface area contributed by atoms with Gasteiger partial charge in [0.25, 0.3) is 5.91 Å². The molecule has 1 aromatic heterocycles. The molecule has 5 nitrogen and oxygen atoms in total. The van der Waals surface area contributed by atoms with Gasteiger partial charge < -0.3 is 15.4 Å². The first kappa shape index (κ1) is 18.2. The minimum atomic E-state index is -0.0142. The third kappa shape index (κ3) is 4.97. The van der Waals surface area contributed by atoms with Gasteiger partial charge in [0.2, 0.25) is 0 Å². The number of para-hydroxylation sites is 1. The van der Waals surface area contributed by atoms with Crippen LogP contribution in [-0.4, -0.2) is 24.0 Å². The van der Waals surface area contributed by atoms with Crippen LogP contribution in [-0.2, 0) is 6.54 Å². The van der Waals surface area contributed by atoms with Crippen molar-refractivity contribution in [1.29, 1.82) is 0 Å². The highest BCUT2D eigenvalue weighted by Crippen LogP contribution is 2.20. The second-order valence-electron chi connectivity index (χ2n) is 6.76. The SMILES string of the molecule is COc1ccccc1CNc1cc(C(=O)NC2CCCCCC2)ccn1. The predicted molar refractivity (Wildman–Crippen MR) is 104 cm³/mol. The van der Waals surface area contributed by atoms with Crippen molar-refractivity contribution < 1.29 is 9.53 Å². The normalized spacial score (nSPS) is 15.1. The molecule has 1 aliphatic rings. The molecule has 0 atom stereocenters. The second kappa shape index (κ2) is 9.22. The van der Waals surface area contributed by atoms with Crippen LogP contribution in [0.3, 0.4) is 0 Å². The average molecular weight is 353 g/mol. The number of nitrogens with one attached hydrogen (secondary N) is 2. The molecule has 0 aliphatic heterocycles. The van der Waals surface area contributed by atoms with Crippen LogP contribution in [0.2, 0.25) is 0 Å². The van der Waals surface area contributed by atoms with E-state index in [0.29, 0.717) is 24.0 Å². The summed E-state index contributed by atoms with van der Waals surface area (Å²) in [6.07, 6.45) is 8.79. The zero-order valence-corrected chi connectivity index (χ0v) is 15.3. The van der Waals surface area contributed by atoms with Gasteiger partial charge >= 0.3 is 0 Å². The Hall–Kier alpha value is -2.56. The summed E-state index contributed by atoms with van der Waals surface area (Å²) in [5, 5.41) is 6.45. The molecule has 26 heavy (non-hydrogen) atoms. The number of pyridine rings is 1. The van der Waals surface area contributed by atoms with Crippen molar-refractivity contribution in [2.75, 3.05) is 12.4 Å². The Labute approximate surface area is 155 Å². The standard InChI is InChI=1S/C21H27N3O2/c1-26-19-11-7-6-8-17(19)15-23-20-14-16(12-13-22-20)21(25)24-18-9-4-2-3-5-10-18/h6-8,11-14,18H,2-5,9-10,15H2,1H3,(H,22,23)(H,24,25). The molecule has 1 amide bonds. The molecule has 1 heterocycles. The van der Waals surface area contributed by atoms with Crippen molar-refractivity contribution >= 4 is 11.7 Å². The Bertz CT molecular complexity index is 725. The maximum atomic E-state index is 12.6. The topological polar surface area (TPSA) is 63.2 Å². The van der Waals surface area contributed by atoms with Crippen LogP contribution < -0.4 is 15.4 Å². The maximum Gasteiger partial charge on any atom is 0.251 e. The van der Waals surface area contributed by atoms with E-state index < -0.39 is 0 Å². The van der Waals surface area contributed by atoms with E-state index in [0.717, 1.165) is 24.2 Å². The number of anilines is 1. The zero-order chi connectivity index (χ0) is 18.2. The molecular weight excluding hydrogens is 326 g/mol. The van der Waals surface area contributed by atoms with Gasteiger partial charge in [0.15, 0.2) is 0 Å². The number of hydrogen-bond donors (Lipinski definition) is 2. The molecule has 5 heteroatoms. The molecule has 1 saturated carbocycles. The monoisotopic (exact) mass is 353 g/mol. The molecule has 0 unspecified atom stereocenters. The van der Waals surface area contributed by atoms with Crippen LogP contribution in [0.4, 0.5) is 5.82 Å². The van der Waals surface area contributed by atoms with Gasteiger partial charge in [-0.2, -0.15) is 0 Å². The highest BCUT2D eigenvalue weighted by Gasteiger charge is 2.16. The number of aromatic nitrogens is 1. The van der Waals surface area contributed by atoms with Crippen LogP contribution in [0.5, 0.6) is 5.75 Å². The summed E-state index contributed by atoms with van der Waals surface area (Å²) in [6, 6.07) is 11.7. The fourth-order valence-corrected chi connectivity index (χ4v) is 3.40. The maximum absolute atomic E-state index is 12.6. The number of hydrogen-bond acceptors (Lipinski definition) is 4. The van der Waals surface area contributed by atoms with Crippen LogP contribution in [0.15, 0.2) is 42.6 Å².